The maximum Gasteiger partial charge on any atom is 0.279 e. The number of carbonyl (C=O) groups is 2. The molecule has 0 radical (unpaired) electrons. The molecule has 3 N–H and O–H groups in total. The van der Waals surface area contributed by atoms with Crippen molar-refractivity contribution in [1.82, 2.24) is 5.32 Å². The minimum absolute atomic E-state index is 0.0478. The molecule has 1 heterocycles. The van der Waals surface area contributed by atoms with Crippen LogP contribution in [0.25, 0.3) is 0 Å². The number of halogens is 1. The van der Waals surface area contributed by atoms with Crippen LogP contribution in [0.1, 0.15) is 11.8 Å². The van der Waals surface area contributed by atoms with Gasteiger partial charge in [0.15, 0.2) is 12.6 Å². The van der Waals surface area contributed by atoms with Crippen molar-refractivity contribution < 1.29 is 14.5 Å². The summed E-state index contributed by atoms with van der Waals surface area (Å²) in [7, 11) is 1.84. The number of nitrogens with one attached hydrogen (secondary N) is 3. The van der Waals surface area contributed by atoms with Crippen LogP contribution < -0.4 is 15.5 Å². The standard InChI is InChI=1S/C18H22ClN3O2S/c1-13(18(24)20-10-9-16-4-3-11-25-16)22(2)12-17(23)21-15-7-5-14(19)6-8-15/h3-8,11,13H,9-10,12H2,1-2H3,(H,20,24)(H,21,23)/p+1/t13-/m0/s1. The van der Waals surface area contributed by atoms with Crippen LogP contribution in [0.2, 0.25) is 5.02 Å². The second kappa shape index (κ2) is 9.56. The van der Waals surface area contributed by atoms with Gasteiger partial charge >= 0.3 is 0 Å². The number of rotatable bonds is 8. The third kappa shape index (κ3) is 6.49. The van der Waals surface area contributed by atoms with Gasteiger partial charge in [-0.15, -0.1) is 11.3 Å². The molecule has 0 aliphatic carbocycles. The zero-order valence-electron chi connectivity index (χ0n) is 14.3. The first-order valence-electron chi connectivity index (χ1n) is 8.13. The van der Waals surface area contributed by atoms with E-state index in [1.165, 1.54) is 4.88 Å². The van der Waals surface area contributed by atoms with Crippen molar-refractivity contribution in [3.8, 4) is 0 Å². The minimum Gasteiger partial charge on any atom is -0.351 e. The molecule has 0 bridgehead atoms. The van der Waals surface area contributed by atoms with Crippen LogP contribution in [0.3, 0.4) is 0 Å². The molecule has 7 heteroatoms. The van der Waals surface area contributed by atoms with Crippen molar-refractivity contribution in [2.24, 2.45) is 0 Å². The first-order valence-corrected chi connectivity index (χ1v) is 9.39. The van der Waals surface area contributed by atoms with E-state index >= 15 is 0 Å². The number of hydrogen-bond acceptors (Lipinski definition) is 3. The molecule has 2 amide bonds. The summed E-state index contributed by atoms with van der Waals surface area (Å²) in [6, 6.07) is 10.7. The molecule has 2 aromatic rings. The van der Waals surface area contributed by atoms with Gasteiger partial charge in [0.25, 0.3) is 11.8 Å². The number of amides is 2. The van der Waals surface area contributed by atoms with Crippen molar-refractivity contribution in [1.29, 1.82) is 0 Å². The summed E-state index contributed by atoms with van der Waals surface area (Å²) in [4.78, 5) is 26.4. The molecule has 1 unspecified atom stereocenters. The number of thiophene rings is 1. The molecule has 2 atom stereocenters. The molecule has 134 valence electrons. The number of anilines is 1. The van der Waals surface area contributed by atoms with Gasteiger partial charge in [0.1, 0.15) is 0 Å². The first kappa shape index (κ1) is 19.4. The summed E-state index contributed by atoms with van der Waals surface area (Å²) in [5, 5.41) is 8.38. The smallest absolute Gasteiger partial charge is 0.279 e. The zero-order valence-corrected chi connectivity index (χ0v) is 15.9. The highest BCUT2D eigenvalue weighted by atomic mass is 35.5. The van der Waals surface area contributed by atoms with Crippen LogP contribution in [0, 0.1) is 0 Å². The maximum absolute atomic E-state index is 12.2. The third-order valence-corrected chi connectivity index (χ3v) is 5.14. The van der Waals surface area contributed by atoms with Gasteiger partial charge < -0.3 is 15.5 Å². The van der Waals surface area contributed by atoms with E-state index in [9.17, 15) is 9.59 Å². The molecular weight excluding hydrogens is 358 g/mol. The van der Waals surface area contributed by atoms with Gasteiger partial charge in [-0.05, 0) is 49.1 Å². The van der Waals surface area contributed by atoms with Gasteiger partial charge in [0.2, 0.25) is 0 Å². The molecule has 0 saturated carbocycles. The molecule has 0 saturated heterocycles. The minimum atomic E-state index is -0.306. The summed E-state index contributed by atoms with van der Waals surface area (Å²) in [6.45, 7) is 2.64. The van der Waals surface area contributed by atoms with E-state index < -0.39 is 0 Å². The lowest BCUT2D eigenvalue weighted by Gasteiger charge is -2.20. The number of likely N-dealkylation sites (N-methyl/N-ethyl adjacent to an activating group) is 1. The predicted molar refractivity (Wildman–Crippen MR) is 102 cm³/mol. The molecule has 0 aliphatic rings. The van der Waals surface area contributed by atoms with E-state index in [-0.39, 0.29) is 24.4 Å². The van der Waals surface area contributed by atoms with Gasteiger partial charge in [0, 0.05) is 22.1 Å². The quantitative estimate of drug-likeness (QED) is 0.651. The van der Waals surface area contributed by atoms with E-state index in [2.05, 4.69) is 16.7 Å². The van der Waals surface area contributed by atoms with Crippen molar-refractivity contribution in [2.45, 2.75) is 19.4 Å². The lowest BCUT2D eigenvalue weighted by molar-refractivity contribution is -0.885. The Morgan fingerprint density at radius 2 is 1.96 bits per heavy atom. The van der Waals surface area contributed by atoms with E-state index in [0.717, 1.165) is 11.3 Å². The number of hydrogen-bond donors (Lipinski definition) is 3. The molecule has 5 nitrogen and oxygen atoms in total. The zero-order chi connectivity index (χ0) is 18.2. The Morgan fingerprint density at radius 3 is 2.60 bits per heavy atom. The van der Waals surface area contributed by atoms with E-state index in [1.807, 2.05) is 25.4 Å². The first-order chi connectivity index (χ1) is 12.0. The lowest BCUT2D eigenvalue weighted by Crippen LogP contribution is -3.15. The number of quaternary nitrogens is 1. The lowest BCUT2D eigenvalue weighted by atomic mass is 10.2. The van der Waals surface area contributed by atoms with E-state index in [4.69, 9.17) is 11.6 Å². The molecule has 0 spiro atoms. The Bertz CT molecular complexity index is 689. The van der Waals surface area contributed by atoms with E-state index in [1.54, 1.807) is 35.6 Å². The fourth-order valence-corrected chi connectivity index (χ4v) is 3.12. The van der Waals surface area contributed by atoms with Crippen LogP contribution in [0.15, 0.2) is 41.8 Å². The number of carbonyl (C=O) groups excluding carboxylic acids is 2. The fourth-order valence-electron chi connectivity index (χ4n) is 2.29. The molecule has 25 heavy (non-hydrogen) atoms. The van der Waals surface area contributed by atoms with Gasteiger partial charge in [-0.3, -0.25) is 9.59 Å². The van der Waals surface area contributed by atoms with Gasteiger partial charge in [-0.25, -0.2) is 0 Å². The van der Waals surface area contributed by atoms with Crippen LogP contribution in [-0.4, -0.2) is 38.0 Å². The van der Waals surface area contributed by atoms with E-state index in [0.29, 0.717) is 17.3 Å². The van der Waals surface area contributed by atoms with Crippen molar-refractivity contribution >= 4 is 40.4 Å². The topological polar surface area (TPSA) is 62.6 Å². The summed E-state index contributed by atoms with van der Waals surface area (Å²) >= 11 is 7.50. The summed E-state index contributed by atoms with van der Waals surface area (Å²) in [5.41, 5.74) is 0.690. The van der Waals surface area contributed by atoms with Crippen LogP contribution in [0.4, 0.5) is 5.69 Å². The normalized spacial score (nSPS) is 13.1. The Morgan fingerprint density at radius 1 is 1.24 bits per heavy atom. The Labute approximate surface area is 157 Å². The maximum atomic E-state index is 12.2. The molecule has 2 rings (SSSR count). The predicted octanol–water partition coefficient (Wildman–Crippen LogP) is 1.60. The van der Waals surface area contributed by atoms with Gasteiger partial charge in [-0.2, -0.15) is 0 Å². The van der Waals surface area contributed by atoms with Gasteiger partial charge in [-0.1, -0.05) is 17.7 Å². The number of benzene rings is 1. The summed E-state index contributed by atoms with van der Waals surface area (Å²) < 4.78 is 0. The molecular formula is C18H23ClN3O2S+. The van der Waals surface area contributed by atoms with Crippen molar-refractivity contribution in [2.75, 3.05) is 25.5 Å². The Kier molecular flexibility index (Phi) is 7.43. The van der Waals surface area contributed by atoms with Crippen molar-refractivity contribution in [3.63, 3.8) is 0 Å². The molecule has 0 aliphatic heterocycles. The molecule has 0 fully saturated rings. The van der Waals surface area contributed by atoms with Crippen LogP contribution in [0.5, 0.6) is 0 Å². The highest BCUT2D eigenvalue weighted by molar-refractivity contribution is 7.09. The largest absolute Gasteiger partial charge is 0.351 e. The average Bonchev–Trinajstić information content (AvgIpc) is 3.09. The highest BCUT2D eigenvalue weighted by Gasteiger charge is 2.23. The summed E-state index contributed by atoms with van der Waals surface area (Å²) in [5.74, 6) is -0.189. The Hall–Kier alpha value is -1.89. The Balaban J connectivity index is 1.74. The van der Waals surface area contributed by atoms with Crippen LogP contribution >= 0.6 is 22.9 Å². The SMILES string of the molecule is C[C@@H](C(=O)NCCc1cccs1)[NH+](C)CC(=O)Nc1ccc(Cl)cc1. The van der Waals surface area contributed by atoms with Crippen molar-refractivity contribution in [3.05, 3.63) is 51.7 Å². The average molecular weight is 381 g/mol. The summed E-state index contributed by atoms with van der Waals surface area (Å²) in [6.07, 6.45) is 0.826. The molecule has 1 aromatic carbocycles. The second-order valence-corrected chi connectivity index (χ2v) is 7.39. The fraction of sp³-hybridized carbons (Fsp3) is 0.333. The highest BCUT2D eigenvalue weighted by Crippen LogP contribution is 2.12. The second-order valence-electron chi connectivity index (χ2n) is 5.92. The van der Waals surface area contributed by atoms with Gasteiger partial charge in [0.05, 0.1) is 7.05 Å². The van der Waals surface area contributed by atoms with Crippen LogP contribution in [-0.2, 0) is 16.0 Å². The molecule has 1 aromatic heterocycles. The monoisotopic (exact) mass is 380 g/mol. The third-order valence-electron chi connectivity index (χ3n) is 3.95.